The zero-order valence-corrected chi connectivity index (χ0v) is 10.2. The van der Waals surface area contributed by atoms with E-state index in [0.717, 1.165) is 24.8 Å². The van der Waals surface area contributed by atoms with Crippen LogP contribution in [0.1, 0.15) is 49.7 Å². The van der Waals surface area contributed by atoms with E-state index in [1.54, 1.807) is 0 Å². The number of hydrogen-bond donors (Lipinski definition) is 1. The van der Waals surface area contributed by atoms with Gasteiger partial charge in [0.05, 0.1) is 5.92 Å². The molecule has 1 aromatic rings. The van der Waals surface area contributed by atoms with Gasteiger partial charge < -0.3 is 5.73 Å². The number of carbonyl (C=O) groups is 1. The minimum absolute atomic E-state index is 0.118. The Hall–Kier alpha value is -1.31. The summed E-state index contributed by atoms with van der Waals surface area (Å²) in [5.41, 5.74) is 7.71. The predicted molar refractivity (Wildman–Crippen MR) is 67.3 cm³/mol. The van der Waals surface area contributed by atoms with Gasteiger partial charge in [0, 0.05) is 0 Å². The Morgan fingerprint density at radius 3 is 2.38 bits per heavy atom. The summed E-state index contributed by atoms with van der Waals surface area (Å²) in [6, 6.07) is 8.09. The fourth-order valence-corrected chi connectivity index (χ4v) is 1.87. The van der Waals surface area contributed by atoms with Crippen LogP contribution in [0.15, 0.2) is 24.3 Å². The summed E-state index contributed by atoms with van der Waals surface area (Å²) in [5, 5.41) is 0. The lowest BCUT2D eigenvalue weighted by Gasteiger charge is -2.13. The monoisotopic (exact) mass is 219 g/mol. The maximum absolute atomic E-state index is 11.4. The molecular formula is C14H21NO. The van der Waals surface area contributed by atoms with Gasteiger partial charge >= 0.3 is 0 Å². The fraction of sp³-hybridized carbons (Fsp3) is 0.500. The lowest BCUT2D eigenvalue weighted by Crippen LogP contribution is -2.21. The Morgan fingerprint density at radius 2 is 1.88 bits per heavy atom. The number of rotatable bonds is 6. The molecule has 2 heteroatoms. The topological polar surface area (TPSA) is 43.1 Å². The van der Waals surface area contributed by atoms with Gasteiger partial charge in [-0.15, -0.1) is 0 Å². The molecule has 0 saturated carbocycles. The summed E-state index contributed by atoms with van der Waals surface area (Å²) in [5.74, 6) is -0.327. The number of benzene rings is 1. The van der Waals surface area contributed by atoms with E-state index in [-0.39, 0.29) is 11.8 Å². The number of unbranched alkanes of at least 4 members (excludes halogenated alkanes) is 2. The third-order valence-electron chi connectivity index (χ3n) is 2.92. The summed E-state index contributed by atoms with van der Waals surface area (Å²) in [6.45, 7) is 4.20. The summed E-state index contributed by atoms with van der Waals surface area (Å²) in [7, 11) is 0. The highest BCUT2D eigenvalue weighted by atomic mass is 16.1. The molecule has 1 rings (SSSR count). The van der Waals surface area contributed by atoms with E-state index >= 15 is 0 Å². The summed E-state index contributed by atoms with van der Waals surface area (Å²) >= 11 is 0. The minimum Gasteiger partial charge on any atom is -0.369 e. The molecule has 0 aliphatic rings. The first-order valence-electron chi connectivity index (χ1n) is 6.01. The van der Waals surface area contributed by atoms with Crippen LogP contribution in [0.3, 0.4) is 0 Å². The van der Waals surface area contributed by atoms with Crippen molar-refractivity contribution in [3.8, 4) is 0 Å². The SMILES string of the molecule is CCCCCC(C(N)=O)c1ccc(C)cc1. The second-order valence-electron chi connectivity index (χ2n) is 4.36. The predicted octanol–water partition coefficient (Wildman–Crippen LogP) is 3.14. The van der Waals surface area contributed by atoms with E-state index in [1.807, 2.05) is 31.2 Å². The highest BCUT2D eigenvalue weighted by Gasteiger charge is 2.16. The van der Waals surface area contributed by atoms with Gasteiger partial charge in [0.25, 0.3) is 0 Å². The first kappa shape index (κ1) is 12.8. The number of hydrogen-bond acceptors (Lipinski definition) is 1. The van der Waals surface area contributed by atoms with Crippen LogP contribution >= 0.6 is 0 Å². The van der Waals surface area contributed by atoms with Crippen LogP contribution in [0.25, 0.3) is 0 Å². The molecule has 0 aliphatic carbocycles. The van der Waals surface area contributed by atoms with Crippen LogP contribution in [-0.4, -0.2) is 5.91 Å². The van der Waals surface area contributed by atoms with Gasteiger partial charge in [-0.1, -0.05) is 56.0 Å². The largest absolute Gasteiger partial charge is 0.369 e. The summed E-state index contributed by atoms with van der Waals surface area (Å²) in [4.78, 5) is 11.4. The first-order valence-corrected chi connectivity index (χ1v) is 6.01. The van der Waals surface area contributed by atoms with Crippen molar-refractivity contribution >= 4 is 5.91 Å². The summed E-state index contributed by atoms with van der Waals surface area (Å²) < 4.78 is 0. The molecule has 0 bridgehead atoms. The van der Waals surface area contributed by atoms with E-state index in [0.29, 0.717) is 0 Å². The minimum atomic E-state index is -0.208. The lowest BCUT2D eigenvalue weighted by atomic mass is 9.92. The van der Waals surface area contributed by atoms with Gasteiger partial charge in [-0.25, -0.2) is 0 Å². The number of amides is 1. The average Bonchev–Trinajstić information content (AvgIpc) is 2.26. The third-order valence-corrected chi connectivity index (χ3v) is 2.92. The summed E-state index contributed by atoms with van der Waals surface area (Å²) in [6.07, 6.45) is 4.26. The first-order chi connectivity index (χ1) is 7.65. The number of nitrogens with two attached hydrogens (primary N) is 1. The molecule has 1 unspecified atom stereocenters. The van der Waals surface area contributed by atoms with Crippen molar-refractivity contribution in [1.29, 1.82) is 0 Å². The van der Waals surface area contributed by atoms with Crippen LogP contribution in [0.5, 0.6) is 0 Å². The molecule has 0 saturated heterocycles. The molecule has 0 spiro atoms. The van der Waals surface area contributed by atoms with Gasteiger partial charge in [-0.3, -0.25) is 4.79 Å². The molecule has 0 fully saturated rings. The van der Waals surface area contributed by atoms with Crippen molar-refractivity contribution < 1.29 is 4.79 Å². The van der Waals surface area contributed by atoms with Gasteiger partial charge in [0.1, 0.15) is 0 Å². The third kappa shape index (κ3) is 3.69. The lowest BCUT2D eigenvalue weighted by molar-refractivity contribution is -0.119. The Morgan fingerprint density at radius 1 is 1.25 bits per heavy atom. The van der Waals surface area contributed by atoms with E-state index in [4.69, 9.17) is 5.73 Å². The van der Waals surface area contributed by atoms with Crippen molar-refractivity contribution in [3.63, 3.8) is 0 Å². The maximum atomic E-state index is 11.4. The van der Waals surface area contributed by atoms with Crippen LogP contribution in [0.2, 0.25) is 0 Å². The molecule has 2 N–H and O–H groups in total. The smallest absolute Gasteiger partial charge is 0.224 e. The molecule has 1 amide bonds. The van der Waals surface area contributed by atoms with Gasteiger partial charge in [0.15, 0.2) is 0 Å². The zero-order valence-electron chi connectivity index (χ0n) is 10.2. The Bertz CT molecular complexity index is 329. The molecule has 2 nitrogen and oxygen atoms in total. The molecule has 1 atom stereocenters. The molecule has 1 aromatic carbocycles. The van der Waals surface area contributed by atoms with E-state index in [1.165, 1.54) is 12.0 Å². The quantitative estimate of drug-likeness (QED) is 0.734. The molecule has 0 aliphatic heterocycles. The van der Waals surface area contributed by atoms with Crippen molar-refractivity contribution in [2.45, 2.75) is 45.4 Å². The molecular weight excluding hydrogens is 198 g/mol. The zero-order chi connectivity index (χ0) is 12.0. The molecule has 0 aromatic heterocycles. The Labute approximate surface area is 97.9 Å². The van der Waals surface area contributed by atoms with Crippen LogP contribution in [0, 0.1) is 6.92 Å². The highest BCUT2D eigenvalue weighted by molar-refractivity contribution is 5.81. The van der Waals surface area contributed by atoms with Crippen molar-refractivity contribution in [2.75, 3.05) is 0 Å². The highest BCUT2D eigenvalue weighted by Crippen LogP contribution is 2.22. The van der Waals surface area contributed by atoms with Crippen molar-refractivity contribution in [1.82, 2.24) is 0 Å². The van der Waals surface area contributed by atoms with Gasteiger partial charge in [0.2, 0.25) is 5.91 Å². The second-order valence-corrected chi connectivity index (χ2v) is 4.36. The molecule has 0 heterocycles. The van der Waals surface area contributed by atoms with Crippen LogP contribution in [0.4, 0.5) is 0 Å². The molecule has 0 radical (unpaired) electrons. The fourth-order valence-electron chi connectivity index (χ4n) is 1.87. The molecule has 16 heavy (non-hydrogen) atoms. The van der Waals surface area contributed by atoms with Crippen molar-refractivity contribution in [2.24, 2.45) is 5.73 Å². The standard InChI is InChI=1S/C14H21NO/c1-3-4-5-6-13(14(15)16)12-9-7-11(2)8-10-12/h7-10,13H,3-6H2,1-2H3,(H2,15,16). The Kier molecular flexibility index (Phi) is 5.03. The number of carbonyl (C=O) groups excluding carboxylic acids is 1. The van der Waals surface area contributed by atoms with Crippen molar-refractivity contribution in [3.05, 3.63) is 35.4 Å². The van der Waals surface area contributed by atoms with E-state index in [2.05, 4.69) is 6.92 Å². The van der Waals surface area contributed by atoms with E-state index in [9.17, 15) is 4.79 Å². The second kappa shape index (κ2) is 6.31. The van der Waals surface area contributed by atoms with Gasteiger partial charge in [-0.05, 0) is 18.9 Å². The Balaban J connectivity index is 2.69. The maximum Gasteiger partial charge on any atom is 0.224 e. The van der Waals surface area contributed by atoms with Gasteiger partial charge in [-0.2, -0.15) is 0 Å². The van der Waals surface area contributed by atoms with Crippen LogP contribution < -0.4 is 5.73 Å². The number of primary amides is 1. The number of aryl methyl sites for hydroxylation is 1. The van der Waals surface area contributed by atoms with E-state index < -0.39 is 0 Å². The normalized spacial score (nSPS) is 12.4. The molecule has 88 valence electrons. The average molecular weight is 219 g/mol. The van der Waals surface area contributed by atoms with Crippen LogP contribution in [-0.2, 0) is 4.79 Å².